The van der Waals surface area contributed by atoms with Crippen molar-refractivity contribution >= 4 is 0 Å². The molecule has 0 aromatic carbocycles. The summed E-state index contributed by atoms with van der Waals surface area (Å²) in [4.78, 5) is 0. The van der Waals surface area contributed by atoms with Crippen LogP contribution >= 0.6 is 0 Å². The van der Waals surface area contributed by atoms with Gasteiger partial charge in [0.25, 0.3) is 0 Å². The molecule has 0 radical (unpaired) electrons. The largest absolute Gasteiger partial charge is 0.315 e. The first kappa shape index (κ1) is 6.38. The molecule has 10 heavy (non-hydrogen) atoms. The van der Waals surface area contributed by atoms with Crippen LogP contribution in [0.5, 0.6) is 0 Å². The van der Waals surface area contributed by atoms with Crippen molar-refractivity contribution in [3.8, 4) is 0 Å². The summed E-state index contributed by atoms with van der Waals surface area (Å²) in [5.74, 6) is 0.787. The Kier molecular flexibility index (Phi) is 1.17. The van der Waals surface area contributed by atoms with Gasteiger partial charge >= 0.3 is 0 Å². The quantitative estimate of drug-likeness (QED) is 0.411. The smallest absolute Gasteiger partial charge is 0.0614 e. The summed E-state index contributed by atoms with van der Waals surface area (Å²) in [5.41, 5.74) is 11.6. The van der Waals surface area contributed by atoms with Gasteiger partial charge in [-0.15, -0.1) is 0 Å². The second kappa shape index (κ2) is 1.83. The Hall–Kier alpha value is -0.340. The number of allylic oxidation sites excluding steroid dienone is 1. The fourth-order valence-electron chi connectivity index (χ4n) is 2.20. The van der Waals surface area contributed by atoms with Gasteiger partial charge in [-0.2, -0.15) is 0 Å². The van der Waals surface area contributed by atoms with E-state index in [1.807, 2.05) is 0 Å². The van der Waals surface area contributed by atoms with Crippen LogP contribution in [0, 0.1) is 11.3 Å². The van der Waals surface area contributed by atoms with Crippen LogP contribution in [0.2, 0.25) is 0 Å². The highest BCUT2D eigenvalue weighted by Crippen LogP contribution is 2.49. The summed E-state index contributed by atoms with van der Waals surface area (Å²) in [6, 6.07) is 0. The summed E-state index contributed by atoms with van der Waals surface area (Å²) in [7, 11) is 0. The van der Waals surface area contributed by atoms with Gasteiger partial charge in [0.2, 0.25) is 0 Å². The third kappa shape index (κ3) is 0.662. The minimum absolute atomic E-state index is 0.142. The predicted molar refractivity (Wildman–Crippen MR) is 41.1 cm³/mol. The maximum Gasteiger partial charge on any atom is 0.0614 e. The fraction of sp³-hybridized carbons (Fsp3) is 0.750. The summed E-state index contributed by atoms with van der Waals surface area (Å²) < 4.78 is 0. The van der Waals surface area contributed by atoms with Crippen LogP contribution in [-0.4, -0.2) is 6.17 Å². The Morgan fingerprint density at radius 3 is 2.50 bits per heavy atom. The summed E-state index contributed by atoms with van der Waals surface area (Å²) in [6.45, 7) is 0. The molecule has 2 unspecified atom stereocenters. The van der Waals surface area contributed by atoms with Gasteiger partial charge in [-0.1, -0.05) is 12.2 Å². The van der Waals surface area contributed by atoms with Crippen LogP contribution in [-0.2, 0) is 0 Å². The van der Waals surface area contributed by atoms with Crippen molar-refractivity contribution in [1.82, 2.24) is 0 Å². The minimum Gasteiger partial charge on any atom is -0.315 e. The zero-order valence-electron chi connectivity index (χ0n) is 6.09. The Morgan fingerprint density at radius 1 is 1.50 bits per heavy atom. The summed E-state index contributed by atoms with van der Waals surface area (Å²) >= 11 is 0. The predicted octanol–water partition coefficient (Wildman–Crippen LogP) is 0.586. The molecule has 0 heterocycles. The minimum atomic E-state index is -0.142. The fourth-order valence-corrected chi connectivity index (χ4v) is 2.20. The second-order valence-corrected chi connectivity index (χ2v) is 3.62. The highest BCUT2D eigenvalue weighted by atomic mass is 14.9. The molecule has 56 valence electrons. The highest BCUT2D eigenvalue weighted by molar-refractivity contribution is 5.17. The Balaban J connectivity index is 2.24. The lowest BCUT2D eigenvalue weighted by molar-refractivity contribution is 0.322. The van der Waals surface area contributed by atoms with Crippen LogP contribution in [0.3, 0.4) is 0 Å². The van der Waals surface area contributed by atoms with Crippen molar-refractivity contribution in [1.29, 1.82) is 0 Å². The molecular formula is C8H14N2. The highest BCUT2D eigenvalue weighted by Gasteiger charge is 2.43. The zero-order valence-corrected chi connectivity index (χ0v) is 6.09. The van der Waals surface area contributed by atoms with Gasteiger partial charge in [-0.05, 0) is 25.2 Å². The number of rotatable bonds is 1. The van der Waals surface area contributed by atoms with E-state index in [0.717, 1.165) is 5.92 Å². The van der Waals surface area contributed by atoms with Gasteiger partial charge in [0.05, 0.1) is 6.17 Å². The van der Waals surface area contributed by atoms with E-state index in [4.69, 9.17) is 11.5 Å². The summed E-state index contributed by atoms with van der Waals surface area (Å²) in [6.07, 6.45) is 8.05. The van der Waals surface area contributed by atoms with Gasteiger partial charge in [-0.25, -0.2) is 0 Å². The van der Waals surface area contributed by atoms with Gasteiger partial charge in [0.15, 0.2) is 0 Å². The number of fused-ring (bicyclic) bond motifs is 2. The second-order valence-electron chi connectivity index (χ2n) is 3.62. The maximum atomic E-state index is 5.70. The lowest BCUT2D eigenvalue weighted by atomic mass is 9.85. The van der Waals surface area contributed by atoms with E-state index in [9.17, 15) is 0 Å². The van der Waals surface area contributed by atoms with Crippen molar-refractivity contribution in [2.45, 2.75) is 25.4 Å². The van der Waals surface area contributed by atoms with Crippen LogP contribution in [0.1, 0.15) is 19.3 Å². The van der Waals surface area contributed by atoms with Gasteiger partial charge in [0, 0.05) is 5.41 Å². The van der Waals surface area contributed by atoms with Crippen LogP contribution in [0.15, 0.2) is 12.2 Å². The van der Waals surface area contributed by atoms with Crippen LogP contribution < -0.4 is 11.5 Å². The van der Waals surface area contributed by atoms with Crippen molar-refractivity contribution in [3.63, 3.8) is 0 Å². The third-order valence-electron chi connectivity index (χ3n) is 2.99. The average Bonchev–Trinajstić information content (AvgIpc) is 2.45. The first-order chi connectivity index (χ1) is 4.73. The van der Waals surface area contributed by atoms with Crippen LogP contribution in [0.4, 0.5) is 0 Å². The molecule has 2 heteroatoms. The van der Waals surface area contributed by atoms with Gasteiger partial charge in [0.1, 0.15) is 0 Å². The van der Waals surface area contributed by atoms with Crippen molar-refractivity contribution < 1.29 is 0 Å². The zero-order chi connectivity index (χ0) is 7.19. The first-order valence-corrected chi connectivity index (χ1v) is 3.93. The third-order valence-corrected chi connectivity index (χ3v) is 2.99. The Bertz CT molecular complexity index is 174. The number of nitrogens with two attached hydrogens (primary N) is 2. The van der Waals surface area contributed by atoms with Crippen molar-refractivity contribution in [2.24, 2.45) is 22.8 Å². The normalized spacial score (nSPS) is 43.7. The van der Waals surface area contributed by atoms with Crippen LogP contribution in [0.25, 0.3) is 0 Å². The lowest BCUT2D eigenvalue weighted by Gasteiger charge is -2.27. The van der Waals surface area contributed by atoms with Crippen molar-refractivity contribution in [2.75, 3.05) is 0 Å². The van der Waals surface area contributed by atoms with E-state index in [2.05, 4.69) is 12.2 Å². The summed E-state index contributed by atoms with van der Waals surface area (Å²) in [5, 5.41) is 0. The van der Waals surface area contributed by atoms with Crippen molar-refractivity contribution in [3.05, 3.63) is 12.2 Å². The molecule has 0 aromatic rings. The van der Waals surface area contributed by atoms with E-state index >= 15 is 0 Å². The molecule has 0 aliphatic heterocycles. The van der Waals surface area contributed by atoms with E-state index in [1.54, 1.807) is 0 Å². The molecular weight excluding hydrogens is 124 g/mol. The topological polar surface area (TPSA) is 52.0 Å². The molecule has 2 rings (SSSR count). The molecule has 0 amide bonds. The van der Waals surface area contributed by atoms with E-state index < -0.39 is 0 Å². The van der Waals surface area contributed by atoms with E-state index in [-0.39, 0.29) is 11.6 Å². The van der Waals surface area contributed by atoms with E-state index in [0.29, 0.717) is 0 Å². The average molecular weight is 138 g/mol. The van der Waals surface area contributed by atoms with E-state index in [1.165, 1.54) is 19.3 Å². The molecule has 2 aliphatic rings. The lowest BCUT2D eigenvalue weighted by Crippen LogP contribution is -2.45. The molecule has 2 nitrogen and oxygen atoms in total. The molecule has 4 N–H and O–H groups in total. The molecule has 0 aromatic heterocycles. The molecule has 2 aliphatic carbocycles. The molecule has 2 atom stereocenters. The molecule has 0 spiro atoms. The Morgan fingerprint density at radius 2 is 2.30 bits per heavy atom. The van der Waals surface area contributed by atoms with Gasteiger partial charge < -0.3 is 11.5 Å². The maximum absolute atomic E-state index is 5.70. The molecule has 0 saturated heterocycles. The monoisotopic (exact) mass is 138 g/mol. The SMILES string of the molecule is NC(N)C12C=CC(CC1)C2. The number of hydrogen-bond donors (Lipinski definition) is 2. The molecule has 1 fully saturated rings. The molecule has 1 saturated carbocycles. The standard InChI is InChI=1S/C8H14N2/c9-7(10)8-3-1-6(5-8)2-4-8/h1,3,6-7H,2,4-5,9-10H2. The number of hydrogen-bond acceptors (Lipinski definition) is 2. The molecule has 2 bridgehead atoms. The Labute approximate surface area is 61.3 Å². The van der Waals surface area contributed by atoms with Gasteiger partial charge in [-0.3, -0.25) is 0 Å². The first-order valence-electron chi connectivity index (χ1n) is 3.93.